The van der Waals surface area contributed by atoms with E-state index in [1.54, 1.807) is 6.20 Å². The first-order valence-electron chi connectivity index (χ1n) is 9.71. The highest BCUT2D eigenvalue weighted by Crippen LogP contribution is 2.21. The number of carbonyl (C=O) groups is 1. The number of nitrogens with zero attached hydrogens (tertiary/aromatic N) is 3. The van der Waals surface area contributed by atoms with Crippen LogP contribution in [0.4, 0.5) is 5.82 Å². The number of benzene rings is 1. The van der Waals surface area contributed by atoms with Crippen LogP contribution >= 0.6 is 0 Å². The molecule has 0 bridgehead atoms. The molecule has 0 saturated carbocycles. The van der Waals surface area contributed by atoms with Crippen LogP contribution in [0.5, 0.6) is 0 Å². The van der Waals surface area contributed by atoms with E-state index in [4.69, 9.17) is 0 Å². The van der Waals surface area contributed by atoms with E-state index in [0.717, 1.165) is 43.9 Å². The van der Waals surface area contributed by atoms with Crippen molar-refractivity contribution in [1.29, 1.82) is 0 Å². The molecule has 1 saturated heterocycles. The molecule has 2 aromatic rings. The minimum atomic E-state index is 0.138. The molecule has 1 aliphatic heterocycles. The van der Waals surface area contributed by atoms with Gasteiger partial charge in [-0.3, -0.25) is 4.79 Å². The highest BCUT2D eigenvalue weighted by Gasteiger charge is 2.19. The first-order chi connectivity index (χ1) is 12.6. The molecule has 0 unspecified atom stereocenters. The molecule has 0 spiro atoms. The summed E-state index contributed by atoms with van der Waals surface area (Å²) in [7, 11) is 0. The van der Waals surface area contributed by atoms with Gasteiger partial charge in [0, 0.05) is 37.4 Å². The molecular weight excluding hydrogens is 322 g/mol. The van der Waals surface area contributed by atoms with Gasteiger partial charge >= 0.3 is 0 Å². The topological polar surface area (TPSA) is 36.4 Å². The van der Waals surface area contributed by atoms with Crippen molar-refractivity contribution in [2.45, 2.75) is 52.1 Å². The second-order valence-electron chi connectivity index (χ2n) is 7.32. The van der Waals surface area contributed by atoms with Crippen LogP contribution < -0.4 is 4.90 Å². The van der Waals surface area contributed by atoms with Crippen LogP contribution in [0.3, 0.4) is 0 Å². The van der Waals surface area contributed by atoms with Crippen molar-refractivity contribution in [3.63, 3.8) is 0 Å². The standard InChI is InChI=1S/C22H29N3O/c1-18(2)25(17-19-10-6-5-7-11-19)21-16-20(12-13-23-21)22(26)24-14-8-3-4-9-15-24/h5-7,10-13,16,18H,3-4,8-9,14-15,17H2,1-2H3. The lowest BCUT2D eigenvalue weighted by Gasteiger charge is -2.28. The van der Waals surface area contributed by atoms with Crippen molar-refractivity contribution in [3.05, 3.63) is 59.8 Å². The predicted octanol–water partition coefficient (Wildman–Crippen LogP) is 4.51. The van der Waals surface area contributed by atoms with E-state index < -0.39 is 0 Å². The number of anilines is 1. The second kappa shape index (κ2) is 8.84. The van der Waals surface area contributed by atoms with E-state index in [9.17, 15) is 4.79 Å². The van der Waals surface area contributed by atoms with E-state index in [0.29, 0.717) is 6.04 Å². The van der Waals surface area contributed by atoms with Crippen LogP contribution in [-0.4, -0.2) is 34.9 Å². The minimum absolute atomic E-state index is 0.138. The summed E-state index contributed by atoms with van der Waals surface area (Å²) in [5, 5.41) is 0. The smallest absolute Gasteiger partial charge is 0.254 e. The van der Waals surface area contributed by atoms with Gasteiger partial charge in [0.2, 0.25) is 0 Å². The summed E-state index contributed by atoms with van der Waals surface area (Å²) in [6.45, 7) is 6.84. The van der Waals surface area contributed by atoms with Crippen LogP contribution in [0.15, 0.2) is 48.7 Å². The summed E-state index contributed by atoms with van der Waals surface area (Å²) in [5.41, 5.74) is 1.99. The van der Waals surface area contributed by atoms with Gasteiger partial charge in [-0.25, -0.2) is 4.98 Å². The Hall–Kier alpha value is -2.36. The van der Waals surface area contributed by atoms with Crippen molar-refractivity contribution in [2.75, 3.05) is 18.0 Å². The third-order valence-corrected chi connectivity index (χ3v) is 5.00. The zero-order valence-corrected chi connectivity index (χ0v) is 15.9. The molecule has 0 aliphatic carbocycles. The largest absolute Gasteiger partial charge is 0.350 e. The van der Waals surface area contributed by atoms with Gasteiger partial charge in [-0.15, -0.1) is 0 Å². The average molecular weight is 351 g/mol. The van der Waals surface area contributed by atoms with Gasteiger partial charge in [0.15, 0.2) is 0 Å². The summed E-state index contributed by atoms with van der Waals surface area (Å²) < 4.78 is 0. The maximum absolute atomic E-state index is 12.9. The van der Waals surface area contributed by atoms with Gasteiger partial charge in [-0.1, -0.05) is 43.2 Å². The third kappa shape index (κ3) is 4.63. The van der Waals surface area contributed by atoms with Crippen LogP contribution in [0, 0.1) is 0 Å². The zero-order chi connectivity index (χ0) is 18.4. The summed E-state index contributed by atoms with van der Waals surface area (Å²) in [6.07, 6.45) is 6.43. The first-order valence-corrected chi connectivity index (χ1v) is 9.71. The average Bonchev–Trinajstić information content (AvgIpc) is 2.96. The van der Waals surface area contributed by atoms with E-state index in [1.165, 1.54) is 18.4 Å². The molecule has 0 atom stereocenters. The number of carbonyl (C=O) groups excluding carboxylic acids is 1. The quantitative estimate of drug-likeness (QED) is 0.795. The number of hydrogen-bond acceptors (Lipinski definition) is 3. The monoisotopic (exact) mass is 351 g/mol. The van der Waals surface area contributed by atoms with Gasteiger partial charge in [0.1, 0.15) is 5.82 Å². The van der Waals surface area contributed by atoms with E-state index >= 15 is 0 Å². The van der Waals surface area contributed by atoms with Gasteiger partial charge in [-0.2, -0.15) is 0 Å². The van der Waals surface area contributed by atoms with Gasteiger partial charge in [0.05, 0.1) is 0 Å². The maximum atomic E-state index is 12.9. The zero-order valence-electron chi connectivity index (χ0n) is 15.9. The van der Waals surface area contributed by atoms with Gasteiger partial charge in [-0.05, 0) is 44.4 Å². The van der Waals surface area contributed by atoms with Crippen molar-refractivity contribution in [1.82, 2.24) is 9.88 Å². The molecule has 1 fully saturated rings. The summed E-state index contributed by atoms with van der Waals surface area (Å²) >= 11 is 0. The van der Waals surface area contributed by atoms with Crippen molar-refractivity contribution >= 4 is 11.7 Å². The second-order valence-corrected chi connectivity index (χ2v) is 7.32. The van der Waals surface area contributed by atoms with Gasteiger partial charge < -0.3 is 9.80 Å². The highest BCUT2D eigenvalue weighted by atomic mass is 16.2. The third-order valence-electron chi connectivity index (χ3n) is 5.00. The molecule has 0 radical (unpaired) electrons. The number of aromatic nitrogens is 1. The van der Waals surface area contributed by atoms with Crippen molar-refractivity contribution in [2.24, 2.45) is 0 Å². The molecule has 1 aromatic carbocycles. The van der Waals surface area contributed by atoms with Crippen molar-refractivity contribution in [3.8, 4) is 0 Å². The molecule has 0 N–H and O–H groups in total. The fraction of sp³-hybridized carbons (Fsp3) is 0.455. The van der Waals surface area contributed by atoms with Crippen LogP contribution in [-0.2, 0) is 6.54 Å². The first kappa shape index (κ1) is 18.4. The number of pyridine rings is 1. The minimum Gasteiger partial charge on any atom is -0.350 e. The molecule has 4 heteroatoms. The Kier molecular flexibility index (Phi) is 6.26. The fourth-order valence-corrected chi connectivity index (χ4v) is 3.47. The Morgan fingerprint density at radius 1 is 1.08 bits per heavy atom. The summed E-state index contributed by atoms with van der Waals surface area (Å²) in [5.74, 6) is 1.00. The Labute approximate surface area is 156 Å². The molecule has 1 aliphatic rings. The molecule has 1 aromatic heterocycles. The molecule has 1 amide bonds. The lowest BCUT2D eigenvalue weighted by atomic mass is 10.1. The van der Waals surface area contributed by atoms with E-state index in [-0.39, 0.29) is 5.91 Å². The molecular formula is C22H29N3O. The summed E-state index contributed by atoms with van der Waals surface area (Å²) in [4.78, 5) is 21.7. The normalized spacial score (nSPS) is 15.0. The molecule has 2 heterocycles. The van der Waals surface area contributed by atoms with E-state index in [2.05, 4.69) is 48.0 Å². The Balaban J connectivity index is 1.80. The molecule has 138 valence electrons. The maximum Gasteiger partial charge on any atom is 0.254 e. The van der Waals surface area contributed by atoms with E-state index in [1.807, 2.05) is 23.1 Å². The molecule has 3 rings (SSSR count). The van der Waals surface area contributed by atoms with Crippen LogP contribution in [0.25, 0.3) is 0 Å². The Bertz CT molecular complexity index is 706. The number of likely N-dealkylation sites (tertiary alicyclic amines) is 1. The molecule has 4 nitrogen and oxygen atoms in total. The molecule has 26 heavy (non-hydrogen) atoms. The van der Waals surface area contributed by atoms with Gasteiger partial charge in [0.25, 0.3) is 5.91 Å². The SMILES string of the molecule is CC(C)N(Cc1ccccc1)c1cc(C(=O)N2CCCCCC2)ccn1. The predicted molar refractivity (Wildman–Crippen MR) is 106 cm³/mol. The highest BCUT2D eigenvalue weighted by molar-refractivity contribution is 5.94. The number of hydrogen-bond donors (Lipinski definition) is 0. The Morgan fingerprint density at radius 3 is 2.42 bits per heavy atom. The number of rotatable bonds is 5. The van der Waals surface area contributed by atoms with Crippen molar-refractivity contribution < 1.29 is 4.79 Å². The van der Waals surface area contributed by atoms with Crippen LogP contribution in [0.2, 0.25) is 0 Å². The lowest BCUT2D eigenvalue weighted by molar-refractivity contribution is 0.0761. The van der Waals surface area contributed by atoms with Crippen LogP contribution in [0.1, 0.15) is 55.5 Å². The summed E-state index contributed by atoms with van der Waals surface area (Å²) in [6, 6.07) is 14.5. The fourth-order valence-electron chi connectivity index (χ4n) is 3.47. The lowest BCUT2D eigenvalue weighted by Crippen LogP contribution is -2.33. The number of amides is 1. The Morgan fingerprint density at radius 2 is 1.77 bits per heavy atom.